The molecular weight excluding hydrogens is 320 g/mol. The molecule has 0 aliphatic heterocycles. The van der Waals surface area contributed by atoms with Gasteiger partial charge in [0, 0.05) is 17.0 Å². The Morgan fingerprint density at radius 2 is 1.76 bits per heavy atom. The van der Waals surface area contributed by atoms with Crippen molar-refractivity contribution in [2.45, 2.75) is 0 Å². The van der Waals surface area contributed by atoms with Gasteiger partial charge in [-0.1, -0.05) is 42.5 Å². The van der Waals surface area contributed by atoms with Gasteiger partial charge in [-0.05, 0) is 12.1 Å². The van der Waals surface area contributed by atoms with Crippen LogP contribution in [-0.4, -0.2) is 15.1 Å². The van der Waals surface area contributed by atoms with Crippen LogP contribution in [0.2, 0.25) is 0 Å². The molecule has 0 saturated carbocycles. The summed E-state index contributed by atoms with van der Waals surface area (Å²) in [6.07, 6.45) is 1.22. The number of nitrogens with zero attached hydrogens (tertiary/aromatic N) is 1. The number of aromatic amines is 1. The lowest BCUT2D eigenvalue weighted by Gasteiger charge is -2.03. The van der Waals surface area contributed by atoms with Crippen LogP contribution < -0.4 is 11.2 Å². The molecule has 0 unspecified atom stereocenters. The Labute approximate surface area is 140 Å². The first-order chi connectivity index (χ1) is 12.1. The van der Waals surface area contributed by atoms with E-state index in [9.17, 15) is 14.7 Å². The lowest BCUT2D eigenvalue weighted by molar-refractivity contribution is 0.515. The minimum absolute atomic E-state index is 0.00501. The average molecular weight is 332 g/mol. The van der Waals surface area contributed by atoms with Crippen molar-refractivity contribution in [1.82, 2.24) is 9.97 Å². The molecule has 122 valence electrons. The van der Waals surface area contributed by atoms with Crippen molar-refractivity contribution in [2.75, 3.05) is 0 Å². The highest BCUT2D eigenvalue weighted by Gasteiger charge is 2.12. The second-order valence-electron chi connectivity index (χ2n) is 5.46. The molecule has 0 fully saturated rings. The van der Waals surface area contributed by atoms with Crippen LogP contribution in [0.25, 0.3) is 33.8 Å². The molecule has 25 heavy (non-hydrogen) atoms. The van der Waals surface area contributed by atoms with Gasteiger partial charge in [0.2, 0.25) is 0 Å². The van der Waals surface area contributed by atoms with E-state index in [2.05, 4.69) is 9.97 Å². The van der Waals surface area contributed by atoms with E-state index >= 15 is 0 Å². The molecule has 0 spiro atoms. The maximum absolute atomic E-state index is 12.3. The van der Waals surface area contributed by atoms with Gasteiger partial charge in [-0.3, -0.25) is 4.79 Å². The van der Waals surface area contributed by atoms with Gasteiger partial charge < -0.3 is 14.5 Å². The summed E-state index contributed by atoms with van der Waals surface area (Å²) in [7, 11) is 0. The molecule has 6 nitrogen and oxygen atoms in total. The number of aliphatic hydroxyl groups is 1. The molecule has 2 heterocycles. The Kier molecular flexibility index (Phi) is 3.43. The van der Waals surface area contributed by atoms with Gasteiger partial charge in [0.15, 0.2) is 5.52 Å². The summed E-state index contributed by atoms with van der Waals surface area (Å²) in [6, 6.07) is 15.6. The van der Waals surface area contributed by atoms with Gasteiger partial charge in [-0.15, -0.1) is 0 Å². The number of hydrogen-bond acceptors (Lipinski definition) is 5. The Bertz CT molecular complexity index is 1240. The van der Waals surface area contributed by atoms with Crippen LogP contribution >= 0.6 is 0 Å². The number of fused-ring (bicyclic) bond motifs is 3. The maximum atomic E-state index is 12.3. The molecule has 0 bridgehead atoms. The normalized spacial score (nSPS) is 11.9. The molecule has 2 N–H and O–H groups in total. The van der Waals surface area contributed by atoms with Gasteiger partial charge >= 0.3 is 5.63 Å². The first kappa shape index (κ1) is 14.9. The van der Waals surface area contributed by atoms with E-state index in [-0.39, 0.29) is 17.0 Å². The number of aliphatic hydroxyl groups excluding tert-OH is 1. The number of nitrogens with one attached hydrogen (secondary N) is 1. The third-order valence-corrected chi connectivity index (χ3v) is 3.84. The molecule has 2 aromatic heterocycles. The van der Waals surface area contributed by atoms with Crippen LogP contribution in [0.3, 0.4) is 0 Å². The third-order valence-electron chi connectivity index (χ3n) is 3.84. The van der Waals surface area contributed by atoms with E-state index in [1.165, 1.54) is 6.08 Å². The lowest BCUT2D eigenvalue weighted by atomic mass is 10.1. The third kappa shape index (κ3) is 2.59. The quantitative estimate of drug-likeness (QED) is 0.334. The first-order valence-electron chi connectivity index (χ1n) is 7.55. The summed E-state index contributed by atoms with van der Waals surface area (Å²) in [5, 5.41) is 10.8. The summed E-state index contributed by atoms with van der Waals surface area (Å²) in [5.74, 6) is -0.122. The van der Waals surface area contributed by atoms with Crippen LogP contribution in [0.4, 0.5) is 0 Å². The highest BCUT2D eigenvalue weighted by atomic mass is 16.4. The maximum Gasteiger partial charge on any atom is 0.364 e. The summed E-state index contributed by atoms with van der Waals surface area (Å²) >= 11 is 0. The molecule has 6 heteroatoms. The van der Waals surface area contributed by atoms with Crippen molar-refractivity contribution in [2.24, 2.45) is 0 Å². The predicted molar refractivity (Wildman–Crippen MR) is 95.3 cm³/mol. The zero-order valence-corrected chi connectivity index (χ0v) is 12.9. The Morgan fingerprint density at radius 3 is 2.56 bits per heavy atom. The second-order valence-corrected chi connectivity index (χ2v) is 5.46. The van der Waals surface area contributed by atoms with E-state index < -0.39 is 11.2 Å². The van der Waals surface area contributed by atoms with E-state index in [1.807, 2.05) is 6.07 Å². The van der Waals surface area contributed by atoms with Crippen LogP contribution in [0.1, 0.15) is 11.3 Å². The zero-order chi connectivity index (χ0) is 17.4. The van der Waals surface area contributed by atoms with Crippen molar-refractivity contribution in [1.29, 1.82) is 0 Å². The molecule has 0 aliphatic rings. The summed E-state index contributed by atoms with van der Waals surface area (Å²) < 4.78 is 5.24. The number of rotatable bonds is 2. The fourth-order valence-corrected chi connectivity index (χ4v) is 2.64. The summed E-state index contributed by atoms with van der Waals surface area (Å²) in [5.41, 5.74) is -0.0122. The van der Waals surface area contributed by atoms with E-state index in [0.717, 1.165) is 0 Å². The lowest BCUT2D eigenvalue weighted by Crippen LogP contribution is -2.16. The standard InChI is InChI=1S/C19H12N2O4/c22-14(11-6-2-1-3-7-11)10-13-18(23)21-16-12-8-4-5-9-15(12)25-19(24)17(16)20-13/h1-10,22H,(H,21,23). The first-order valence-corrected chi connectivity index (χ1v) is 7.55. The average Bonchev–Trinajstić information content (AvgIpc) is 2.63. The smallest absolute Gasteiger partial charge is 0.364 e. The Morgan fingerprint density at radius 1 is 1.04 bits per heavy atom. The van der Waals surface area contributed by atoms with Crippen molar-refractivity contribution >= 4 is 33.8 Å². The monoisotopic (exact) mass is 332 g/mol. The highest BCUT2D eigenvalue weighted by Crippen LogP contribution is 2.19. The molecule has 4 rings (SSSR count). The van der Waals surface area contributed by atoms with Crippen LogP contribution in [0, 0.1) is 0 Å². The number of H-pyrrole nitrogens is 1. The van der Waals surface area contributed by atoms with Gasteiger partial charge in [0.1, 0.15) is 17.0 Å². The molecule has 0 atom stereocenters. The van der Waals surface area contributed by atoms with Crippen molar-refractivity contribution in [3.05, 3.63) is 86.6 Å². The molecule has 0 aliphatic carbocycles. The van der Waals surface area contributed by atoms with Gasteiger partial charge in [0.25, 0.3) is 5.56 Å². The Hall–Kier alpha value is -3.67. The van der Waals surface area contributed by atoms with Crippen LogP contribution in [0.15, 0.2) is 68.6 Å². The van der Waals surface area contributed by atoms with Crippen LogP contribution in [-0.2, 0) is 0 Å². The topological polar surface area (TPSA) is 96.2 Å². The molecule has 4 aromatic rings. The molecule has 2 aromatic carbocycles. The fourth-order valence-electron chi connectivity index (χ4n) is 2.64. The minimum Gasteiger partial charge on any atom is -0.507 e. The minimum atomic E-state index is -0.654. The van der Waals surface area contributed by atoms with Gasteiger partial charge in [0.05, 0.1) is 5.52 Å². The summed E-state index contributed by atoms with van der Waals surface area (Å²) in [6.45, 7) is 0. The highest BCUT2D eigenvalue weighted by molar-refractivity contribution is 6.00. The summed E-state index contributed by atoms with van der Waals surface area (Å²) in [4.78, 5) is 31.3. The molecular formula is C19H12N2O4. The number of benzene rings is 2. The van der Waals surface area contributed by atoms with E-state index in [0.29, 0.717) is 22.0 Å². The molecule has 0 saturated heterocycles. The number of para-hydroxylation sites is 1. The van der Waals surface area contributed by atoms with Gasteiger partial charge in [-0.25, -0.2) is 9.78 Å². The van der Waals surface area contributed by atoms with E-state index in [1.54, 1.807) is 48.5 Å². The largest absolute Gasteiger partial charge is 0.507 e. The second kappa shape index (κ2) is 5.76. The van der Waals surface area contributed by atoms with Crippen molar-refractivity contribution in [3.8, 4) is 0 Å². The number of hydrogen-bond donors (Lipinski definition) is 2. The van der Waals surface area contributed by atoms with Crippen molar-refractivity contribution < 1.29 is 9.52 Å². The zero-order valence-electron chi connectivity index (χ0n) is 12.9. The molecule has 0 radical (unpaired) electrons. The predicted octanol–water partition coefficient (Wildman–Crippen LogP) is 3.09. The Balaban J connectivity index is 1.97. The SMILES string of the molecule is O=c1[nH]c2c(nc1C=C(O)c1ccccc1)c(=O)oc1ccccc12. The van der Waals surface area contributed by atoms with Crippen LogP contribution in [0.5, 0.6) is 0 Å². The van der Waals surface area contributed by atoms with Crippen molar-refractivity contribution in [3.63, 3.8) is 0 Å². The van der Waals surface area contributed by atoms with E-state index in [4.69, 9.17) is 4.42 Å². The molecule has 0 amide bonds. The van der Waals surface area contributed by atoms with Gasteiger partial charge in [-0.2, -0.15) is 0 Å². The number of aromatic nitrogens is 2. The fraction of sp³-hybridized carbons (Fsp3) is 0.